The van der Waals surface area contributed by atoms with Crippen molar-refractivity contribution in [1.82, 2.24) is 14.9 Å². The second-order valence-electron chi connectivity index (χ2n) is 4.21. The summed E-state index contributed by atoms with van der Waals surface area (Å²) in [5.74, 6) is 1.16. The molecule has 0 aliphatic heterocycles. The molecule has 1 heterocycles. The Hall–Kier alpha value is -1.30. The fourth-order valence-corrected chi connectivity index (χ4v) is 2.44. The number of anilines is 1. The van der Waals surface area contributed by atoms with Crippen LogP contribution in [0.1, 0.15) is 25.3 Å². The van der Waals surface area contributed by atoms with Gasteiger partial charge in [-0.3, -0.25) is 4.79 Å². The first-order valence-corrected chi connectivity index (χ1v) is 6.35. The number of aromatic nitrogens is 2. The monoisotopic (exact) mass is 254 g/mol. The summed E-state index contributed by atoms with van der Waals surface area (Å²) in [7, 11) is 3.47. The van der Waals surface area contributed by atoms with Crippen molar-refractivity contribution in [3.05, 3.63) is 11.9 Å². The third-order valence-corrected chi connectivity index (χ3v) is 3.28. The third-order valence-electron chi connectivity index (χ3n) is 2.29. The Morgan fingerprint density at radius 3 is 2.65 bits per heavy atom. The maximum absolute atomic E-state index is 11.5. The number of rotatable bonds is 4. The molecule has 0 saturated heterocycles. The third kappa shape index (κ3) is 3.59. The summed E-state index contributed by atoms with van der Waals surface area (Å²) in [5.41, 5.74) is 6.75. The van der Waals surface area contributed by atoms with Crippen LogP contribution in [0.3, 0.4) is 0 Å². The largest absolute Gasteiger partial charge is 0.383 e. The Kier molecular flexibility index (Phi) is 4.74. The van der Waals surface area contributed by atoms with Crippen molar-refractivity contribution in [2.24, 2.45) is 0 Å². The minimum Gasteiger partial charge on any atom is -0.383 e. The van der Waals surface area contributed by atoms with Gasteiger partial charge in [0.15, 0.2) is 0 Å². The zero-order chi connectivity index (χ0) is 13.0. The average molecular weight is 254 g/mol. The lowest BCUT2D eigenvalue weighted by Gasteiger charge is -2.14. The van der Waals surface area contributed by atoms with Gasteiger partial charge in [0.1, 0.15) is 17.2 Å². The van der Waals surface area contributed by atoms with E-state index in [0.29, 0.717) is 11.6 Å². The van der Waals surface area contributed by atoms with Crippen molar-refractivity contribution < 1.29 is 4.79 Å². The topological polar surface area (TPSA) is 72.1 Å². The Balaban J connectivity index is 2.84. The van der Waals surface area contributed by atoms with Crippen LogP contribution in [0.15, 0.2) is 11.4 Å². The molecular formula is C11H18N4OS. The van der Waals surface area contributed by atoms with Gasteiger partial charge in [-0.25, -0.2) is 9.97 Å². The van der Waals surface area contributed by atoms with Gasteiger partial charge in [-0.15, -0.1) is 0 Å². The second kappa shape index (κ2) is 5.86. The minimum atomic E-state index is 0.0573. The number of hydrogen-bond acceptors (Lipinski definition) is 5. The number of nitrogen functional groups attached to an aromatic ring is 1. The lowest BCUT2D eigenvalue weighted by molar-refractivity contribution is -0.125. The molecule has 6 heteroatoms. The highest BCUT2D eigenvalue weighted by atomic mass is 32.2. The lowest BCUT2D eigenvalue weighted by atomic mass is 10.1. The number of nitrogens with two attached hydrogens (primary N) is 1. The lowest BCUT2D eigenvalue weighted by Crippen LogP contribution is -2.23. The van der Waals surface area contributed by atoms with Crippen LogP contribution in [0.2, 0.25) is 0 Å². The molecule has 0 atom stereocenters. The van der Waals surface area contributed by atoms with E-state index in [1.165, 1.54) is 18.1 Å². The molecule has 0 radical (unpaired) electrons. The van der Waals surface area contributed by atoms with Gasteiger partial charge in [0.2, 0.25) is 5.91 Å². The van der Waals surface area contributed by atoms with E-state index >= 15 is 0 Å². The highest BCUT2D eigenvalue weighted by Crippen LogP contribution is 2.29. The van der Waals surface area contributed by atoms with E-state index in [1.54, 1.807) is 19.0 Å². The molecule has 17 heavy (non-hydrogen) atoms. The van der Waals surface area contributed by atoms with Crippen LogP contribution in [-0.4, -0.2) is 40.6 Å². The fourth-order valence-electron chi connectivity index (χ4n) is 1.31. The van der Waals surface area contributed by atoms with E-state index in [1.807, 2.05) is 13.8 Å². The van der Waals surface area contributed by atoms with E-state index in [-0.39, 0.29) is 11.8 Å². The molecule has 1 aromatic heterocycles. The molecule has 0 saturated carbocycles. The van der Waals surface area contributed by atoms with Crippen LogP contribution < -0.4 is 5.73 Å². The first-order valence-electron chi connectivity index (χ1n) is 5.36. The van der Waals surface area contributed by atoms with Crippen molar-refractivity contribution in [2.45, 2.75) is 24.8 Å². The molecule has 94 valence electrons. The molecule has 0 spiro atoms. The van der Waals surface area contributed by atoms with E-state index in [2.05, 4.69) is 9.97 Å². The molecule has 1 amide bonds. The van der Waals surface area contributed by atoms with Crippen molar-refractivity contribution in [3.63, 3.8) is 0 Å². The van der Waals surface area contributed by atoms with Gasteiger partial charge in [0.05, 0.1) is 5.75 Å². The number of thioether (sulfide) groups is 1. The highest BCUT2D eigenvalue weighted by Gasteiger charge is 2.15. The molecule has 1 rings (SSSR count). The smallest absolute Gasteiger partial charge is 0.232 e. The number of amides is 1. The molecule has 0 aliphatic rings. The fraction of sp³-hybridized carbons (Fsp3) is 0.545. The minimum absolute atomic E-state index is 0.0573. The van der Waals surface area contributed by atoms with Gasteiger partial charge < -0.3 is 10.6 Å². The zero-order valence-corrected chi connectivity index (χ0v) is 11.4. The molecule has 5 nitrogen and oxygen atoms in total. The molecule has 0 aliphatic carbocycles. The maximum Gasteiger partial charge on any atom is 0.232 e. The van der Waals surface area contributed by atoms with Crippen LogP contribution in [0, 0.1) is 0 Å². The Morgan fingerprint density at radius 2 is 2.12 bits per heavy atom. The molecule has 0 unspecified atom stereocenters. The van der Waals surface area contributed by atoms with Crippen LogP contribution in [0.25, 0.3) is 0 Å². The predicted molar refractivity (Wildman–Crippen MR) is 70.0 cm³/mol. The summed E-state index contributed by atoms with van der Waals surface area (Å²) in [6, 6.07) is 0. The van der Waals surface area contributed by atoms with Crippen molar-refractivity contribution >= 4 is 23.5 Å². The van der Waals surface area contributed by atoms with E-state index in [4.69, 9.17) is 5.73 Å². The van der Waals surface area contributed by atoms with Crippen LogP contribution in [0.4, 0.5) is 5.82 Å². The first kappa shape index (κ1) is 13.8. The standard InChI is InChI=1S/C11H18N4OS/c1-7(2)9-10(12)13-6-14-11(9)17-5-8(16)15(3)4/h6-7H,5H2,1-4H3,(H2,12,13,14). The van der Waals surface area contributed by atoms with Crippen LogP contribution in [0.5, 0.6) is 0 Å². The molecular weight excluding hydrogens is 236 g/mol. The van der Waals surface area contributed by atoms with E-state index in [9.17, 15) is 4.79 Å². The van der Waals surface area contributed by atoms with E-state index < -0.39 is 0 Å². The van der Waals surface area contributed by atoms with Crippen LogP contribution in [-0.2, 0) is 4.79 Å². The molecule has 1 aromatic rings. The molecule has 2 N–H and O–H groups in total. The number of nitrogens with zero attached hydrogens (tertiary/aromatic N) is 3. The quantitative estimate of drug-likeness (QED) is 0.649. The maximum atomic E-state index is 11.5. The summed E-state index contributed by atoms with van der Waals surface area (Å²) in [6.45, 7) is 4.07. The Labute approximate surface area is 106 Å². The van der Waals surface area contributed by atoms with Gasteiger partial charge in [-0.1, -0.05) is 25.6 Å². The van der Waals surface area contributed by atoms with Gasteiger partial charge in [0, 0.05) is 19.7 Å². The summed E-state index contributed by atoms with van der Waals surface area (Å²) in [5, 5.41) is 0.794. The summed E-state index contributed by atoms with van der Waals surface area (Å²) in [4.78, 5) is 21.2. The van der Waals surface area contributed by atoms with Gasteiger partial charge in [-0.2, -0.15) is 0 Å². The molecule has 0 aromatic carbocycles. The molecule has 0 bridgehead atoms. The second-order valence-corrected chi connectivity index (χ2v) is 5.17. The number of carbonyl (C=O) groups is 1. The molecule has 0 fully saturated rings. The van der Waals surface area contributed by atoms with Crippen LogP contribution >= 0.6 is 11.8 Å². The summed E-state index contributed by atoms with van der Waals surface area (Å²) < 4.78 is 0. The Bertz CT molecular complexity index is 406. The van der Waals surface area contributed by atoms with Crippen molar-refractivity contribution in [2.75, 3.05) is 25.6 Å². The van der Waals surface area contributed by atoms with Gasteiger partial charge in [-0.05, 0) is 5.92 Å². The predicted octanol–water partition coefficient (Wildman–Crippen LogP) is 1.36. The van der Waals surface area contributed by atoms with Gasteiger partial charge in [0.25, 0.3) is 0 Å². The zero-order valence-electron chi connectivity index (χ0n) is 10.6. The SMILES string of the molecule is CC(C)c1c(N)ncnc1SCC(=O)N(C)C. The number of carbonyl (C=O) groups excluding carboxylic acids is 1. The normalized spacial score (nSPS) is 10.6. The number of hydrogen-bond donors (Lipinski definition) is 1. The van der Waals surface area contributed by atoms with Crippen molar-refractivity contribution in [1.29, 1.82) is 0 Å². The highest BCUT2D eigenvalue weighted by molar-refractivity contribution is 7.99. The summed E-state index contributed by atoms with van der Waals surface area (Å²) >= 11 is 1.40. The van der Waals surface area contributed by atoms with E-state index in [0.717, 1.165) is 10.6 Å². The first-order chi connectivity index (χ1) is 7.93. The average Bonchev–Trinajstić information content (AvgIpc) is 2.24. The van der Waals surface area contributed by atoms with Gasteiger partial charge >= 0.3 is 0 Å². The Morgan fingerprint density at radius 1 is 1.47 bits per heavy atom. The van der Waals surface area contributed by atoms with Crippen molar-refractivity contribution in [3.8, 4) is 0 Å². The summed E-state index contributed by atoms with van der Waals surface area (Å²) in [6.07, 6.45) is 1.43.